The lowest BCUT2D eigenvalue weighted by Gasteiger charge is -2.34. The number of nitrogens with one attached hydrogen (secondary N) is 1. The summed E-state index contributed by atoms with van der Waals surface area (Å²) in [6.45, 7) is 3.06. The quantitative estimate of drug-likeness (QED) is 0.781. The van der Waals surface area contributed by atoms with Crippen LogP contribution in [0.1, 0.15) is 24.3 Å². The second-order valence-electron chi connectivity index (χ2n) is 6.51. The molecule has 8 nitrogen and oxygen atoms in total. The van der Waals surface area contributed by atoms with E-state index in [4.69, 9.17) is 9.68 Å². The molecule has 0 saturated carbocycles. The number of furan rings is 1. The maximum absolute atomic E-state index is 12.8. The van der Waals surface area contributed by atoms with Gasteiger partial charge in [0.25, 0.3) is 0 Å². The number of nitrogens with zero attached hydrogens (tertiary/aromatic N) is 3. The third-order valence-corrected chi connectivity index (χ3v) is 6.70. The number of carbonyl (C=O) groups is 1. The summed E-state index contributed by atoms with van der Waals surface area (Å²) >= 11 is 0. The minimum Gasteiger partial charge on any atom is -0.468 e. The van der Waals surface area contributed by atoms with Crippen LogP contribution in [0, 0.1) is 11.3 Å². The van der Waals surface area contributed by atoms with E-state index < -0.39 is 10.0 Å². The maximum atomic E-state index is 12.8. The molecule has 0 aliphatic carbocycles. The molecule has 1 aliphatic rings. The summed E-state index contributed by atoms with van der Waals surface area (Å²) in [5.74, 6) is 0.660. The molecule has 1 saturated heterocycles. The zero-order valence-electron chi connectivity index (χ0n) is 15.5. The first-order chi connectivity index (χ1) is 13.4. The molecule has 1 aromatic carbocycles. The normalized spacial score (nSPS) is 16.5. The predicted octanol–water partition coefficient (Wildman–Crippen LogP) is 1.33. The number of benzene rings is 1. The summed E-state index contributed by atoms with van der Waals surface area (Å²) in [5, 5.41) is 12.3. The fraction of sp³-hybridized carbons (Fsp3) is 0.368. The van der Waals surface area contributed by atoms with Gasteiger partial charge in [-0.15, -0.1) is 0 Å². The maximum Gasteiger partial charge on any atom is 0.244 e. The molecule has 2 aromatic rings. The van der Waals surface area contributed by atoms with Crippen LogP contribution in [0.3, 0.4) is 0 Å². The van der Waals surface area contributed by atoms with Gasteiger partial charge < -0.3 is 9.32 Å². The van der Waals surface area contributed by atoms with Crippen molar-refractivity contribution in [3.05, 3.63) is 54.0 Å². The summed E-state index contributed by atoms with van der Waals surface area (Å²) in [7, 11) is -3.76. The Labute approximate surface area is 164 Å². The Morgan fingerprint density at radius 2 is 1.93 bits per heavy atom. The number of carbonyl (C=O) groups excluding carboxylic acids is 1. The Kier molecular flexibility index (Phi) is 6.14. The molecular weight excluding hydrogens is 380 g/mol. The van der Waals surface area contributed by atoms with Crippen LogP contribution >= 0.6 is 0 Å². The molecule has 28 heavy (non-hydrogen) atoms. The molecule has 1 amide bonds. The van der Waals surface area contributed by atoms with Crippen molar-refractivity contribution < 1.29 is 17.6 Å². The smallest absolute Gasteiger partial charge is 0.244 e. The first-order valence-corrected chi connectivity index (χ1v) is 10.4. The molecular formula is C19H22N4O4S. The van der Waals surface area contributed by atoms with E-state index in [1.807, 2.05) is 19.1 Å². The van der Waals surface area contributed by atoms with Gasteiger partial charge in [0.2, 0.25) is 15.9 Å². The lowest BCUT2D eigenvalue weighted by atomic mass is 10.2. The van der Waals surface area contributed by atoms with E-state index in [1.165, 1.54) is 16.4 Å². The molecule has 1 fully saturated rings. The molecule has 0 bridgehead atoms. The van der Waals surface area contributed by atoms with Gasteiger partial charge in [0.15, 0.2) is 0 Å². The van der Waals surface area contributed by atoms with Crippen molar-refractivity contribution >= 4 is 15.9 Å². The fourth-order valence-corrected chi connectivity index (χ4v) is 4.66. The monoisotopic (exact) mass is 402 g/mol. The second-order valence-corrected chi connectivity index (χ2v) is 8.42. The van der Waals surface area contributed by atoms with Crippen LogP contribution in [0.5, 0.6) is 0 Å². The van der Waals surface area contributed by atoms with Gasteiger partial charge >= 0.3 is 0 Å². The Balaban J connectivity index is 1.56. The number of nitriles is 1. The Morgan fingerprint density at radius 1 is 1.21 bits per heavy atom. The van der Waals surface area contributed by atoms with Gasteiger partial charge in [-0.3, -0.25) is 10.1 Å². The number of hydrogen-bond donors (Lipinski definition) is 1. The van der Waals surface area contributed by atoms with Crippen LogP contribution in [-0.2, 0) is 14.8 Å². The average Bonchev–Trinajstić information content (AvgIpc) is 3.27. The third-order valence-electron chi connectivity index (χ3n) is 4.75. The fourth-order valence-electron chi connectivity index (χ4n) is 3.09. The van der Waals surface area contributed by atoms with Crippen molar-refractivity contribution in [2.45, 2.75) is 17.9 Å². The summed E-state index contributed by atoms with van der Waals surface area (Å²) < 4.78 is 32.3. The van der Waals surface area contributed by atoms with Gasteiger partial charge in [0, 0.05) is 26.2 Å². The van der Waals surface area contributed by atoms with Gasteiger partial charge in [-0.25, -0.2) is 8.42 Å². The Bertz CT molecular complexity index is 958. The van der Waals surface area contributed by atoms with E-state index in [2.05, 4.69) is 5.32 Å². The van der Waals surface area contributed by atoms with Crippen molar-refractivity contribution in [1.82, 2.24) is 14.5 Å². The van der Waals surface area contributed by atoms with E-state index >= 15 is 0 Å². The molecule has 1 aliphatic heterocycles. The van der Waals surface area contributed by atoms with Crippen LogP contribution in [0.2, 0.25) is 0 Å². The van der Waals surface area contributed by atoms with Gasteiger partial charge in [-0.1, -0.05) is 12.1 Å². The van der Waals surface area contributed by atoms with Crippen LogP contribution in [0.4, 0.5) is 0 Å². The van der Waals surface area contributed by atoms with E-state index in [0.717, 1.165) is 5.76 Å². The Morgan fingerprint density at radius 3 is 2.57 bits per heavy atom. The molecule has 1 N–H and O–H groups in total. The van der Waals surface area contributed by atoms with E-state index in [0.29, 0.717) is 13.1 Å². The zero-order chi connectivity index (χ0) is 20.1. The van der Waals surface area contributed by atoms with Gasteiger partial charge in [0.1, 0.15) is 11.8 Å². The first kappa shape index (κ1) is 20.1. The number of amides is 1. The highest BCUT2D eigenvalue weighted by molar-refractivity contribution is 7.89. The Hall–Kier alpha value is -2.67. The van der Waals surface area contributed by atoms with Crippen LogP contribution in [0.15, 0.2) is 52.0 Å². The second kappa shape index (κ2) is 8.56. The summed E-state index contributed by atoms with van der Waals surface area (Å²) in [6, 6.07) is 11.6. The van der Waals surface area contributed by atoms with Crippen molar-refractivity contribution in [1.29, 1.82) is 5.26 Å². The molecule has 148 valence electrons. The standard InChI is InChI=1S/C19H22N4O4S/c1-15(17-6-4-12-27-17)21-14-19(24)22-8-10-23(11-9-22)28(25,26)18-7-3-2-5-16(18)13-20/h2-7,12,15,21H,8-11,14H2,1H3/t15-/m0/s1. The SMILES string of the molecule is C[C@H](NCC(=O)N1CCN(S(=O)(=O)c2ccccc2C#N)CC1)c1ccco1. The molecule has 2 heterocycles. The highest BCUT2D eigenvalue weighted by Gasteiger charge is 2.31. The van der Waals surface area contributed by atoms with E-state index in [9.17, 15) is 13.2 Å². The molecule has 3 rings (SSSR count). The molecule has 1 atom stereocenters. The van der Waals surface area contributed by atoms with Gasteiger partial charge in [-0.2, -0.15) is 9.57 Å². The number of piperazine rings is 1. The summed E-state index contributed by atoms with van der Waals surface area (Å²) in [6.07, 6.45) is 1.58. The lowest BCUT2D eigenvalue weighted by Crippen LogP contribution is -2.52. The van der Waals surface area contributed by atoms with Crippen molar-refractivity contribution in [3.8, 4) is 6.07 Å². The average molecular weight is 402 g/mol. The molecule has 9 heteroatoms. The zero-order valence-corrected chi connectivity index (χ0v) is 16.4. The molecule has 0 spiro atoms. The van der Waals surface area contributed by atoms with Crippen LogP contribution in [0.25, 0.3) is 0 Å². The number of rotatable bonds is 6. The van der Waals surface area contributed by atoms with Crippen molar-refractivity contribution in [2.75, 3.05) is 32.7 Å². The van der Waals surface area contributed by atoms with Crippen LogP contribution in [-0.4, -0.2) is 56.3 Å². The molecule has 1 aromatic heterocycles. The van der Waals surface area contributed by atoms with Crippen molar-refractivity contribution in [3.63, 3.8) is 0 Å². The summed E-state index contributed by atoms with van der Waals surface area (Å²) in [4.78, 5) is 14.1. The van der Waals surface area contributed by atoms with Gasteiger partial charge in [0.05, 0.1) is 29.3 Å². The third kappa shape index (κ3) is 4.25. The summed E-state index contributed by atoms with van der Waals surface area (Å²) in [5.41, 5.74) is 0.122. The van der Waals surface area contributed by atoms with Crippen LogP contribution < -0.4 is 5.32 Å². The predicted molar refractivity (Wildman–Crippen MR) is 102 cm³/mol. The van der Waals surface area contributed by atoms with E-state index in [-0.39, 0.29) is 42.0 Å². The minimum absolute atomic E-state index is 0.00576. The lowest BCUT2D eigenvalue weighted by molar-refractivity contribution is -0.131. The number of hydrogen-bond acceptors (Lipinski definition) is 6. The van der Waals surface area contributed by atoms with E-state index in [1.54, 1.807) is 29.4 Å². The largest absolute Gasteiger partial charge is 0.468 e. The van der Waals surface area contributed by atoms with Gasteiger partial charge in [-0.05, 0) is 31.2 Å². The van der Waals surface area contributed by atoms with Crippen molar-refractivity contribution in [2.24, 2.45) is 0 Å². The minimum atomic E-state index is -3.76. The molecule has 0 unspecified atom stereocenters. The number of sulfonamides is 1. The highest BCUT2D eigenvalue weighted by Crippen LogP contribution is 2.21. The first-order valence-electron chi connectivity index (χ1n) is 8.97. The topological polar surface area (TPSA) is 107 Å². The highest BCUT2D eigenvalue weighted by atomic mass is 32.2. The molecule has 0 radical (unpaired) electrons.